The second-order valence-corrected chi connectivity index (χ2v) is 4.19. The average molecular weight is 292 g/mol. The zero-order chi connectivity index (χ0) is 15.8. The number of carbonyl (C=O) groups excluding carboxylic acids is 3. The first-order valence-corrected chi connectivity index (χ1v) is 6.03. The van der Waals surface area contributed by atoms with Crippen LogP contribution in [0.4, 0.5) is 0 Å². The number of nitrogens with zero attached hydrogens (tertiary/aromatic N) is 2. The van der Waals surface area contributed by atoms with Gasteiger partial charge in [0.05, 0.1) is 7.11 Å². The molecule has 0 aliphatic heterocycles. The predicted octanol–water partition coefficient (Wildman–Crippen LogP) is 0.483. The minimum atomic E-state index is -1.12. The lowest BCUT2D eigenvalue weighted by Crippen LogP contribution is -2.31. The fourth-order valence-corrected chi connectivity index (χ4v) is 1.39. The maximum absolute atomic E-state index is 12.1. The highest BCUT2D eigenvalue weighted by Crippen LogP contribution is 2.18. The molecule has 0 aliphatic rings. The van der Waals surface area contributed by atoms with Gasteiger partial charge in [-0.05, 0) is 6.07 Å². The van der Waals surface area contributed by atoms with Gasteiger partial charge < -0.3 is 14.4 Å². The number of hydrogen-bond donors (Lipinski definition) is 0. The molecule has 0 saturated heterocycles. The summed E-state index contributed by atoms with van der Waals surface area (Å²) in [6.45, 7) is 0. The van der Waals surface area contributed by atoms with E-state index in [2.05, 4.69) is 9.72 Å². The van der Waals surface area contributed by atoms with Gasteiger partial charge in [-0.3, -0.25) is 9.78 Å². The second kappa shape index (κ2) is 7.78. The van der Waals surface area contributed by atoms with Crippen LogP contribution in [0.5, 0.6) is 0 Å². The van der Waals surface area contributed by atoms with E-state index < -0.39 is 23.9 Å². The Morgan fingerprint density at radius 1 is 1.24 bits per heavy atom. The quantitative estimate of drug-likeness (QED) is 0.579. The van der Waals surface area contributed by atoms with Crippen molar-refractivity contribution in [1.82, 2.24) is 9.88 Å². The highest BCUT2D eigenvalue weighted by Gasteiger charge is 2.26. The molecule has 1 rings (SSSR count). The molecule has 21 heavy (non-hydrogen) atoms. The van der Waals surface area contributed by atoms with Crippen LogP contribution in [-0.2, 0) is 23.9 Å². The molecule has 0 N–H and O–H groups in total. The number of carbonyl (C=O) groups is 3. The highest BCUT2D eigenvalue weighted by atomic mass is 16.5. The van der Waals surface area contributed by atoms with E-state index in [9.17, 15) is 14.4 Å². The Bertz CT molecular complexity index is 540. The predicted molar refractivity (Wildman–Crippen MR) is 72.9 cm³/mol. The fourth-order valence-electron chi connectivity index (χ4n) is 1.39. The first-order chi connectivity index (χ1) is 9.95. The molecule has 7 heteroatoms. The van der Waals surface area contributed by atoms with Crippen LogP contribution in [-0.4, -0.2) is 48.9 Å². The van der Waals surface area contributed by atoms with Crippen LogP contribution < -0.4 is 0 Å². The van der Waals surface area contributed by atoms with Gasteiger partial charge in [-0.1, -0.05) is 6.07 Å². The summed E-state index contributed by atoms with van der Waals surface area (Å²) in [5.41, 5.74) is 0.441. The van der Waals surface area contributed by atoms with Crippen LogP contribution in [0.15, 0.2) is 36.7 Å². The van der Waals surface area contributed by atoms with E-state index in [4.69, 9.17) is 4.74 Å². The minimum absolute atomic E-state index is 0.414. The number of ether oxygens (including phenoxy) is 2. The van der Waals surface area contributed by atoms with Gasteiger partial charge in [-0.2, -0.15) is 0 Å². The smallest absolute Gasteiger partial charge is 0.332 e. The second-order valence-electron chi connectivity index (χ2n) is 4.19. The average Bonchev–Trinajstić information content (AvgIpc) is 2.50. The van der Waals surface area contributed by atoms with Gasteiger partial charge in [0.2, 0.25) is 6.10 Å². The van der Waals surface area contributed by atoms with Gasteiger partial charge in [0.25, 0.3) is 5.91 Å². The molecular weight excluding hydrogens is 276 g/mol. The van der Waals surface area contributed by atoms with Crippen LogP contribution in [0, 0.1) is 0 Å². The molecule has 112 valence electrons. The van der Waals surface area contributed by atoms with Gasteiger partial charge in [0.1, 0.15) is 0 Å². The first-order valence-electron chi connectivity index (χ1n) is 6.03. The fraction of sp³-hybridized carbons (Fsp3) is 0.286. The molecule has 0 saturated carbocycles. The monoisotopic (exact) mass is 292 g/mol. The zero-order valence-corrected chi connectivity index (χ0v) is 12.0. The Hall–Kier alpha value is -2.70. The molecule has 0 aromatic carbocycles. The van der Waals surface area contributed by atoms with Gasteiger partial charge in [0, 0.05) is 44.2 Å². The van der Waals surface area contributed by atoms with Crippen LogP contribution in [0.2, 0.25) is 0 Å². The number of methoxy groups -OCH3 is 1. The first kappa shape index (κ1) is 16.4. The normalized spacial score (nSPS) is 11.8. The van der Waals surface area contributed by atoms with Gasteiger partial charge >= 0.3 is 11.9 Å². The molecule has 0 aliphatic carbocycles. The summed E-state index contributed by atoms with van der Waals surface area (Å²) in [6.07, 6.45) is 3.67. The topological polar surface area (TPSA) is 85.8 Å². The van der Waals surface area contributed by atoms with Crippen molar-refractivity contribution in [3.63, 3.8) is 0 Å². The Kier molecular flexibility index (Phi) is 6.06. The standard InChI is InChI=1S/C14H16N2O5/c1-16(2)14(19)13(10-5-4-8-15-9-10)21-12(18)7-6-11(17)20-3/h4-9,13H,1-3H3/b7-6+/t13-/m0/s1. The molecule has 1 amide bonds. The molecule has 0 unspecified atom stereocenters. The lowest BCUT2D eigenvalue weighted by molar-refractivity contribution is -0.155. The van der Waals surface area contributed by atoms with Crippen molar-refractivity contribution in [1.29, 1.82) is 0 Å². The third kappa shape index (κ3) is 5.06. The van der Waals surface area contributed by atoms with Crippen LogP contribution in [0.1, 0.15) is 11.7 Å². The number of likely N-dealkylation sites (N-methyl/N-ethyl adjacent to an activating group) is 1. The van der Waals surface area contributed by atoms with Crippen molar-refractivity contribution in [2.75, 3.05) is 21.2 Å². The third-order valence-corrected chi connectivity index (χ3v) is 2.44. The van der Waals surface area contributed by atoms with E-state index in [-0.39, 0.29) is 0 Å². The van der Waals surface area contributed by atoms with Crippen LogP contribution in [0.25, 0.3) is 0 Å². The van der Waals surface area contributed by atoms with Crippen molar-refractivity contribution in [3.8, 4) is 0 Å². The van der Waals surface area contributed by atoms with E-state index in [1.807, 2.05) is 0 Å². The Morgan fingerprint density at radius 3 is 2.43 bits per heavy atom. The molecule has 1 aromatic heterocycles. The van der Waals surface area contributed by atoms with Gasteiger partial charge in [-0.15, -0.1) is 0 Å². The number of amides is 1. The zero-order valence-electron chi connectivity index (χ0n) is 12.0. The van der Waals surface area contributed by atoms with E-state index in [0.717, 1.165) is 12.2 Å². The van der Waals surface area contributed by atoms with Crippen molar-refractivity contribution < 1.29 is 23.9 Å². The van der Waals surface area contributed by atoms with E-state index in [0.29, 0.717) is 5.56 Å². The summed E-state index contributed by atoms with van der Waals surface area (Å²) in [7, 11) is 4.28. The minimum Gasteiger partial charge on any atom is -0.466 e. The Morgan fingerprint density at radius 2 is 1.90 bits per heavy atom. The summed E-state index contributed by atoms with van der Waals surface area (Å²) < 4.78 is 9.45. The van der Waals surface area contributed by atoms with Crippen molar-refractivity contribution in [2.24, 2.45) is 0 Å². The summed E-state index contributed by atoms with van der Waals surface area (Å²) in [5.74, 6) is -1.93. The molecule has 0 radical (unpaired) electrons. The number of rotatable bonds is 5. The van der Waals surface area contributed by atoms with Crippen molar-refractivity contribution >= 4 is 17.8 Å². The number of hydrogen-bond acceptors (Lipinski definition) is 6. The summed E-state index contributed by atoms with van der Waals surface area (Å²) in [4.78, 5) is 39.8. The summed E-state index contributed by atoms with van der Waals surface area (Å²) in [6, 6.07) is 3.25. The number of esters is 2. The third-order valence-electron chi connectivity index (χ3n) is 2.44. The maximum Gasteiger partial charge on any atom is 0.332 e. The van der Waals surface area contributed by atoms with Gasteiger partial charge in [0.15, 0.2) is 0 Å². The molecule has 0 bridgehead atoms. The molecule has 7 nitrogen and oxygen atoms in total. The SMILES string of the molecule is COC(=O)/C=C/C(=O)O[C@H](C(=O)N(C)C)c1cccnc1. The molecular formula is C14H16N2O5. The van der Waals surface area contributed by atoms with Gasteiger partial charge in [-0.25, -0.2) is 9.59 Å². The number of pyridine rings is 1. The lowest BCUT2D eigenvalue weighted by atomic mass is 10.1. The maximum atomic E-state index is 12.1. The molecule has 1 heterocycles. The van der Waals surface area contributed by atoms with Crippen molar-refractivity contribution in [2.45, 2.75) is 6.10 Å². The van der Waals surface area contributed by atoms with E-state index in [1.165, 1.54) is 18.2 Å². The highest BCUT2D eigenvalue weighted by molar-refractivity contribution is 5.93. The van der Waals surface area contributed by atoms with Crippen LogP contribution in [0.3, 0.4) is 0 Å². The lowest BCUT2D eigenvalue weighted by Gasteiger charge is -2.20. The summed E-state index contributed by atoms with van der Waals surface area (Å²) >= 11 is 0. The summed E-state index contributed by atoms with van der Waals surface area (Å²) in [5, 5.41) is 0. The Labute approximate surface area is 122 Å². The molecule has 0 fully saturated rings. The molecule has 1 aromatic rings. The number of aromatic nitrogens is 1. The van der Waals surface area contributed by atoms with Crippen molar-refractivity contribution in [3.05, 3.63) is 42.2 Å². The van der Waals surface area contributed by atoms with E-state index >= 15 is 0 Å². The van der Waals surface area contributed by atoms with E-state index in [1.54, 1.807) is 32.4 Å². The molecule has 1 atom stereocenters. The Balaban J connectivity index is 2.89. The molecule has 0 spiro atoms. The largest absolute Gasteiger partial charge is 0.466 e. The van der Waals surface area contributed by atoms with Crippen LogP contribution >= 0.6 is 0 Å².